The molecule has 0 spiro atoms. The number of hydrogen-bond acceptors (Lipinski definition) is 3. The molecule has 0 fully saturated rings. The average molecular weight is 194 g/mol. The fourth-order valence-corrected chi connectivity index (χ4v) is 1.48. The molecule has 0 saturated heterocycles. The Labute approximate surface area is 84.7 Å². The van der Waals surface area contributed by atoms with Crippen LogP contribution in [0.2, 0.25) is 0 Å². The van der Waals surface area contributed by atoms with E-state index in [0.717, 1.165) is 30.5 Å². The largest absolute Gasteiger partial charge is 0.398 e. The van der Waals surface area contributed by atoms with Crippen molar-refractivity contribution < 1.29 is 5.11 Å². The maximum Gasteiger partial charge on any atom is 0.0431 e. The number of anilines is 1. The smallest absolute Gasteiger partial charge is 0.0431 e. The zero-order valence-electron chi connectivity index (χ0n) is 8.32. The topological polar surface area (TPSA) is 72.3 Å². The third-order valence-electron chi connectivity index (χ3n) is 2.32. The Morgan fingerprint density at radius 2 is 1.93 bits per heavy atom. The fraction of sp³-hybridized carbons (Fsp3) is 0.455. The van der Waals surface area contributed by atoms with E-state index < -0.39 is 0 Å². The second-order valence-corrected chi connectivity index (χ2v) is 3.45. The van der Waals surface area contributed by atoms with Crippen molar-refractivity contribution in [1.29, 1.82) is 0 Å². The molecule has 0 radical (unpaired) electrons. The van der Waals surface area contributed by atoms with Crippen LogP contribution in [0.25, 0.3) is 0 Å². The van der Waals surface area contributed by atoms with Crippen molar-refractivity contribution in [2.45, 2.75) is 25.3 Å². The van der Waals surface area contributed by atoms with Crippen molar-refractivity contribution in [3.05, 3.63) is 29.8 Å². The second-order valence-electron chi connectivity index (χ2n) is 3.45. The van der Waals surface area contributed by atoms with Gasteiger partial charge in [-0.25, -0.2) is 0 Å². The van der Waals surface area contributed by atoms with E-state index in [1.165, 1.54) is 0 Å². The zero-order valence-corrected chi connectivity index (χ0v) is 8.32. The first-order valence-corrected chi connectivity index (χ1v) is 4.96. The Hall–Kier alpha value is -1.06. The summed E-state index contributed by atoms with van der Waals surface area (Å²) in [5, 5.41) is 8.64. The molecule has 0 saturated carbocycles. The van der Waals surface area contributed by atoms with Crippen LogP contribution in [0.15, 0.2) is 24.3 Å². The molecule has 0 aliphatic rings. The molecule has 0 aromatic heterocycles. The maximum atomic E-state index is 8.64. The normalized spacial score (nSPS) is 12.7. The Morgan fingerprint density at radius 3 is 2.57 bits per heavy atom. The summed E-state index contributed by atoms with van der Waals surface area (Å²) in [6, 6.07) is 7.65. The summed E-state index contributed by atoms with van der Waals surface area (Å²) >= 11 is 0. The molecule has 14 heavy (non-hydrogen) atoms. The van der Waals surface area contributed by atoms with E-state index in [4.69, 9.17) is 16.6 Å². The van der Waals surface area contributed by atoms with Gasteiger partial charge < -0.3 is 16.6 Å². The van der Waals surface area contributed by atoms with Crippen LogP contribution in [0.3, 0.4) is 0 Å². The molecule has 1 aromatic carbocycles. The van der Waals surface area contributed by atoms with Gasteiger partial charge in [0, 0.05) is 18.3 Å². The van der Waals surface area contributed by atoms with E-state index in [1.54, 1.807) is 0 Å². The Balaban J connectivity index is 2.51. The van der Waals surface area contributed by atoms with Gasteiger partial charge >= 0.3 is 0 Å². The Bertz CT molecular complexity index is 276. The highest BCUT2D eigenvalue weighted by Crippen LogP contribution is 2.21. The molecule has 0 amide bonds. The Kier molecular flexibility index (Phi) is 4.43. The first-order valence-electron chi connectivity index (χ1n) is 4.96. The number of rotatable bonds is 5. The van der Waals surface area contributed by atoms with Crippen molar-refractivity contribution in [3.8, 4) is 0 Å². The van der Waals surface area contributed by atoms with E-state index in [9.17, 15) is 0 Å². The summed E-state index contributed by atoms with van der Waals surface area (Å²) in [4.78, 5) is 0. The molecule has 1 rings (SSSR count). The molecular formula is C11H18N2O. The highest BCUT2D eigenvalue weighted by molar-refractivity contribution is 5.47. The second kappa shape index (κ2) is 5.62. The van der Waals surface area contributed by atoms with Crippen LogP contribution in [0.5, 0.6) is 0 Å². The van der Waals surface area contributed by atoms with Crippen LogP contribution in [-0.4, -0.2) is 11.7 Å². The van der Waals surface area contributed by atoms with Crippen LogP contribution in [0, 0.1) is 0 Å². The minimum Gasteiger partial charge on any atom is -0.398 e. The molecule has 3 heteroatoms. The van der Waals surface area contributed by atoms with Gasteiger partial charge in [-0.3, -0.25) is 0 Å². The minimum absolute atomic E-state index is 0.0113. The SMILES string of the molecule is Nc1ccccc1[C@H](N)CCCCO. The number of hydrogen-bond donors (Lipinski definition) is 3. The summed E-state index contributed by atoms with van der Waals surface area (Å²) in [5.41, 5.74) is 13.5. The van der Waals surface area contributed by atoms with E-state index in [-0.39, 0.29) is 12.6 Å². The molecule has 0 unspecified atom stereocenters. The summed E-state index contributed by atoms with van der Waals surface area (Å²) in [6.45, 7) is 0.233. The van der Waals surface area contributed by atoms with Gasteiger partial charge in [-0.15, -0.1) is 0 Å². The van der Waals surface area contributed by atoms with E-state index >= 15 is 0 Å². The van der Waals surface area contributed by atoms with Gasteiger partial charge in [0.2, 0.25) is 0 Å². The summed E-state index contributed by atoms with van der Waals surface area (Å²) in [7, 11) is 0. The molecule has 0 bridgehead atoms. The summed E-state index contributed by atoms with van der Waals surface area (Å²) in [6.07, 6.45) is 2.61. The van der Waals surface area contributed by atoms with E-state index in [0.29, 0.717) is 0 Å². The maximum absolute atomic E-state index is 8.64. The summed E-state index contributed by atoms with van der Waals surface area (Å²) in [5.74, 6) is 0. The third-order valence-corrected chi connectivity index (χ3v) is 2.32. The molecule has 3 nitrogen and oxygen atoms in total. The van der Waals surface area contributed by atoms with E-state index in [2.05, 4.69) is 0 Å². The van der Waals surface area contributed by atoms with Crippen molar-refractivity contribution in [1.82, 2.24) is 0 Å². The monoisotopic (exact) mass is 194 g/mol. The molecule has 1 aromatic rings. The average Bonchev–Trinajstić information content (AvgIpc) is 2.18. The number of aliphatic hydroxyl groups is 1. The molecule has 0 aliphatic heterocycles. The molecule has 0 aliphatic carbocycles. The molecule has 0 heterocycles. The van der Waals surface area contributed by atoms with Crippen LogP contribution < -0.4 is 11.5 Å². The standard InChI is InChI=1S/C11H18N2O/c12-10-6-2-1-5-9(10)11(13)7-3-4-8-14/h1-2,5-6,11,14H,3-4,7-8,12-13H2/t11-/m1/s1. The number of nitrogen functional groups attached to an aromatic ring is 1. The number of nitrogens with two attached hydrogens (primary N) is 2. The van der Waals surface area contributed by atoms with Gasteiger partial charge in [-0.2, -0.15) is 0 Å². The lowest BCUT2D eigenvalue weighted by molar-refractivity contribution is 0.281. The number of aliphatic hydroxyl groups excluding tert-OH is 1. The number of unbranched alkanes of at least 4 members (excludes halogenated alkanes) is 1. The Morgan fingerprint density at radius 1 is 1.21 bits per heavy atom. The molecule has 1 atom stereocenters. The highest BCUT2D eigenvalue weighted by Gasteiger charge is 2.07. The van der Waals surface area contributed by atoms with Gasteiger partial charge in [0.1, 0.15) is 0 Å². The van der Waals surface area contributed by atoms with Crippen LogP contribution >= 0.6 is 0 Å². The van der Waals surface area contributed by atoms with Crippen molar-refractivity contribution >= 4 is 5.69 Å². The van der Waals surface area contributed by atoms with Crippen molar-refractivity contribution in [2.24, 2.45) is 5.73 Å². The van der Waals surface area contributed by atoms with Crippen LogP contribution in [0.4, 0.5) is 5.69 Å². The van der Waals surface area contributed by atoms with Gasteiger partial charge in [-0.1, -0.05) is 18.2 Å². The third kappa shape index (κ3) is 3.01. The lowest BCUT2D eigenvalue weighted by Crippen LogP contribution is -2.12. The van der Waals surface area contributed by atoms with Gasteiger partial charge in [0.15, 0.2) is 0 Å². The van der Waals surface area contributed by atoms with Gasteiger partial charge in [-0.05, 0) is 30.9 Å². The first-order chi connectivity index (χ1) is 6.75. The molecule has 78 valence electrons. The van der Waals surface area contributed by atoms with Crippen molar-refractivity contribution in [2.75, 3.05) is 12.3 Å². The van der Waals surface area contributed by atoms with Crippen LogP contribution in [-0.2, 0) is 0 Å². The predicted octanol–water partition coefficient (Wildman–Crippen LogP) is 1.43. The number of para-hydroxylation sites is 1. The highest BCUT2D eigenvalue weighted by atomic mass is 16.2. The van der Waals surface area contributed by atoms with Gasteiger partial charge in [0.05, 0.1) is 0 Å². The number of benzene rings is 1. The van der Waals surface area contributed by atoms with E-state index in [1.807, 2.05) is 24.3 Å². The fourth-order valence-electron chi connectivity index (χ4n) is 1.48. The van der Waals surface area contributed by atoms with Crippen LogP contribution in [0.1, 0.15) is 30.9 Å². The first kappa shape index (κ1) is 11.0. The minimum atomic E-state index is -0.0113. The molecule has 5 N–H and O–H groups in total. The molecular weight excluding hydrogens is 176 g/mol. The quantitative estimate of drug-likeness (QED) is 0.490. The summed E-state index contributed by atoms with van der Waals surface area (Å²) < 4.78 is 0. The van der Waals surface area contributed by atoms with Crippen molar-refractivity contribution in [3.63, 3.8) is 0 Å². The van der Waals surface area contributed by atoms with Gasteiger partial charge in [0.25, 0.3) is 0 Å². The zero-order chi connectivity index (χ0) is 10.4. The predicted molar refractivity (Wildman–Crippen MR) is 58.7 cm³/mol. The lowest BCUT2D eigenvalue weighted by atomic mass is 10.0. The lowest BCUT2D eigenvalue weighted by Gasteiger charge is -2.13.